The molecule has 4 rings (SSSR count). The van der Waals surface area contributed by atoms with Crippen molar-refractivity contribution in [2.75, 3.05) is 13.7 Å². The molecule has 2 aromatic heterocycles. The van der Waals surface area contributed by atoms with E-state index in [2.05, 4.69) is 18.8 Å². The van der Waals surface area contributed by atoms with Gasteiger partial charge in [0.1, 0.15) is 10.7 Å². The highest BCUT2D eigenvalue weighted by atomic mass is 32.1. The number of benzene rings is 2. The molecule has 2 heterocycles. The summed E-state index contributed by atoms with van der Waals surface area (Å²) >= 11 is 1.51. The number of aromatic amines is 1. The first kappa shape index (κ1) is 20.2. The van der Waals surface area contributed by atoms with Crippen molar-refractivity contribution in [3.63, 3.8) is 0 Å². The van der Waals surface area contributed by atoms with Crippen molar-refractivity contribution in [1.29, 1.82) is 0 Å². The first-order valence-corrected chi connectivity index (χ1v) is 10.8. The van der Waals surface area contributed by atoms with Crippen molar-refractivity contribution in [3.8, 4) is 33.3 Å². The summed E-state index contributed by atoms with van der Waals surface area (Å²) in [5.74, 6) is 2.40. The molecule has 30 heavy (non-hydrogen) atoms. The van der Waals surface area contributed by atoms with Crippen molar-refractivity contribution in [2.45, 2.75) is 20.3 Å². The van der Waals surface area contributed by atoms with E-state index >= 15 is 0 Å². The standard InChI is InChI=1S/C24H24N2O3S/c1-15(2)11-12-29-19-10-9-17(13-20(19)28-3)22-25-23(27)18-14-21(30-24(18)26-22)16-7-5-4-6-8-16/h4-10,13-15H,11-12H2,1-3H3,(H,25,26,27). The van der Waals surface area contributed by atoms with Crippen molar-refractivity contribution in [1.82, 2.24) is 9.97 Å². The minimum Gasteiger partial charge on any atom is -0.493 e. The van der Waals surface area contributed by atoms with Crippen LogP contribution in [0.15, 0.2) is 59.4 Å². The van der Waals surface area contributed by atoms with E-state index < -0.39 is 0 Å². The molecule has 0 radical (unpaired) electrons. The predicted octanol–water partition coefficient (Wildman–Crippen LogP) is 5.75. The minimum absolute atomic E-state index is 0.148. The van der Waals surface area contributed by atoms with Gasteiger partial charge in [-0.3, -0.25) is 4.79 Å². The van der Waals surface area contributed by atoms with E-state index in [-0.39, 0.29) is 5.56 Å². The largest absolute Gasteiger partial charge is 0.493 e. The summed E-state index contributed by atoms with van der Waals surface area (Å²) in [7, 11) is 1.61. The Morgan fingerprint density at radius 2 is 1.83 bits per heavy atom. The van der Waals surface area contributed by atoms with Gasteiger partial charge in [0, 0.05) is 10.4 Å². The van der Waals surface area contributed by atoms with Crippen LogP contribution in [0.4, 0.5) is 0 Å². The van der Waals surface area contributed by atoms with Crippen molar-refractivity contribution >= 4 is 21.6 Å². The van der Waals surface area contributed by atoms with Gasteiger partial charge in [-0.2, -0.15) is 0 Å². The topological polar surface area (TPSA) is 64.2 Å². The average molecular weight is 421 g/mol. The maximum absolute atomic E-state index is 12.7. The van der Waals surface area contributed by atoms with E-state index in [9.17, 15) is 4.79 Å². The Morgan fingerprint density at radius 3 is 2.57 bits per heavy atom. The van der Waals surface area contributed by atoms with Crippen LogP contribution in [0.2, 0.25) is 0 Å². The molecule has 0 saturated carbocycles. The lowest BCUT2D eigenvalue weighted by atomic mass is 10.1. The van der Waals surface area contributed by atoms with Gasteiger partial charge in [0.15, 0.2) is 11.5 Å². The van der Waals surface area contributed by atoms with Gasteiger partial charge in [0.05, 0.1) is 19.1 Å². The van der Waals surface area contributed by atoms with E-state index in [0.717, 1.165) is 22.4 Å². The average Bonchev–Trinajstić information content (AvgIpc) is 3.19. The monoisotopic (exact) mass is 420 g/mol. The van der Waals surface area contributed by atoms with Crippen LogP contribution in [0.5, 0.6) is 11.5 Å². The Kier molecular flexibility index (Phi) is 5.86. The maximum atomic E-state index is 12.7. The van der Waals surface area contributed by atoms with Gasteiger partial charge in [-0.05, 0) is 42.2 Å². The molecule has 0 spiro atoms. The number of aromatic nitrogens is 2. The Labute approximate surface area is 179 Å². The lowest BCUT2D eigenvalue weighted by Crippen LogP contribution is -2.08. The van der Waals surface area contributed by atoms with E-state index in [1.54, 1.807) is 7.11 Å². The number of rotatable bonds is 7. The fourth-order valence-corrected chi connectivity index (χ4v) is 4.19. The number of ether oxygens (including phenoxy) is 2. The zero-order valence-corrected chi connectivity index (χ0v) is 18.1. The quantitative estimate of drug-likeness (QED) is 0.413. The smallest absolute Gasteiger partial charge is 0.259 e. The molecule has 6 heteroatoms. The van der Waals surface area contributed by atoms with E-state index in [1.807, 2.05) is 54.6 Å². The van der Waals surface area contributed by atoms with Gasteiger partial charge in [-0.15, -0.1) is 11.3 Å². The number of hydrogen-bond acceptors (Lipinski definition) is 5. The summed E-state index contributed by atoms with van der Waals surface area (Å²) in [6.45, 7) is 4.96. The van der Waals surface area contributed by atoms with Gasteiger partial charge < -0.3 is 14.5 Å². The molecule has 0 aliphatic heterocycles. The Balaban J connectivity index is 1.68. The molecule has 0 amide bonds. The minimum atomic E-state index is -0.148. The third-order valence-corrected chi connectivity index (χ3v) is 5.93. The highest BCUT2D eigenvalue weighted by Crippen LogP contribution is 2.34. The molecule has 0 atom stereocenters. The zero-order chi connectivity index (χ0) is 21.1. The van der Waals surface area contributed by atoms with Crippen LogP contribution in [0.1, 0.15) is 20.3 Å². The second kappa shape index (κ2) is 8.71. The Morgan fingerprint density at radius 1 is 1.03 bits per heavy atom. The molecule has 0 saturated heterocycles. The van der Waals surface area contributed by atoms with Crippen LogP contribution in [0, 0.1) is 5.92 Å². The van der Waals surface area contributed by atoms with Crippen LogP contribution in [-0.2, 0) is 0 Å². The number of nitrogens with zero attached hydrogens (tertiary/aromatic N) is 1. The second-order valence-corrected chi connectivity index (χ2v) is 8.54. The molecule has 0 aliphatic carbocycles. The first-order chi connectivity index (χ1) is 14.5. The molecule has 0 fully saturated rings. The molecule has 0 bridgehead atoms. The van der Waals surface area contributed by atoms with Crippen LogP contribution in [0.25, 0.3) is 32.0 Å². The van der Waals surface area contributed by atoms with Crippen molar-refractivity contribution in [3.05, 3.63) is 65.0 Å². The van der Waals surface area contributed by atoms with Crippen LogP contribution in [0.3, 0.4) is 0 Å². The van der Waals surface area contributed by atoms with E-state index in [1.165, 1.54) is 11.3 Å². The molecule has 0 aliphatic rings. The summed E-state index contributed by atoms with van der Waals surface area (Å²) in [6, 6.07) is 17.5. The summed E-state index contributed by atoms with van der Waals surface area (Å²) in [5, 5.41) is 0.600. The van der Waals surface area contributed by atoms with Gasteiger partial charge in [0.25, 0.3) is 5.56 Å². The summed E-state index contributed by atoms with van der Waals surface area (Å²) in [4.78, 5) is 22.0. The zero-order valence-electron chi connectivity index (χ0n) is 17.3. The third-order valence-electron chi connectivity index (χ3n) is 4.85. The van der Waals surface area contributed by atoms with E-state index in [4.69, 9.17) is 14.5 Å². The number of methoxy groups -OCH3 is 1. The molecular formula is C24H24N2O3S. The molecule has 154 valence electrons. The first-order valence-electron chi connectivity index (χ1n) is 9.95. The van der Waals surface area contributed by atoms with Crippen molar-refractivity contribution in [2.24, 2.45) is 5.92 Å². The van der Waals surface area contributed by atoms with Gasteiger partial charge in [0.2, 0.25) is 0 Å². The van der Waals surface area contributed by atoms with Crippen molar-refractivity contribution < 1.29 is 9.47 Å². The number of thiophene rings is 1. The highest BCUT2D eigenvalue weighted by Gasteiger charge is 2.13. The van der Waals surface area contributed by atoms with Crippen LogP contribution in [-0.4, -0.2) is 23.7 Å². The molecule has 1 N–H and O–H groups in total. The molecule has 2 aromatic carbocycles. The summed E-state index contributed by atoms with van der Waals surface area (Å²) in [6.07, 6.45) is 0.971. The Hall–Kier alpha value is -3.12. The van der Waals surface area contributed by atoms with Crippen LogP contribution >= 0.6 is 11.3 Å². The Bertz CT molecular complexity index is 1210. The maximum Gasteiger partial charge on any atom is 0.259 e. The highest BCUT2D eigenvalue weighted by molar-refractivity contribution is 7.21. The fraction of sp³-hybridized carbons (Fsp3) is 0.250. The lowest BCUT2D eigenvalue weighted by Gasteiger charge is -2.13. The number of fused-ring (bicyclic) bond motifs is 1. The molecule has 4 aromatic rings. The third kappa shape index (κ3) is 4.24. The number of hydrogen-bond donors (Lipinski definition) is 1. The van der Waals surface area contributed by atoms with Gasteiger partial charge in [-0.25, -0.2) is 4.98 Å². The summed E-state index contributed by atoms with van der Waals surface area (Å²) in [5.41, 5.74) is 1.70. The normalized spacial score (nSPS) is 11.2. The SMILES string of the molecule is COc1cc(-c2nc3sc(-c4ccccc4)cc3c(=O)[nH]2)ccc1OCCC(C)C. The molecule has 0 unspecified atom stereocenters. The lowest BCUT2D eigenvalue weighted by molar-refractivity contribution is 0.273. The predicted molar refractivity (Wildman–Crippen MR) is 123 cm³/mol. The molecular weight excluding hydrogens is 396 g/mol. The molecule has 5 nitrogen and oxygen atoms in total. The van der Waals surface area contributed by atoms with Gasteiger partial charge in [-0.1, -0.05) is 44.2 Å². The number of H-pyrrole nitrogens is 1. The number of nitrogens with one attached hydrogen (secondary N) is 1. The van der Waals surface area contributed by atoms with Crippen LogP contribution < -0.4 is 15.0 Å². The summed E-state index contributed by atoms with van der Waals surface area (Å²) < 4.78 is 11.4. The van der Waals surface area contributed by atoms with Gasteiger partial charge >= 0.3 is 0 Å². The second-order valence-electron chi connectivity index (χ2n) is 7.51. The fourth-order valence-electron chi connectivity index (χ4n) is 3.15. The van der Waals surface area contributed by atoms with E-state index in [0.29, 0.717) is 40.1 Å².